The monoisotopic (exact) mass is 288 g/mol. The first-order valence-electron chi connectivity index (χ1n) is 7.81. The first-order valence-corrected chi connectivity index (χ1v) is 7.81. The van der Waals surface area contributed by atoms with Gasteiger partial charge in [0.25, 0.3) is 5.91 Å². The second-order valence-corrected chi connectivity index (χ2v) is 6.28. The van der Waals surface area contributed by atoms with Crippen LogP contribution in [0.4, 0.5) is 0 Å². The highest BCUT2D eigenvalue weighted by molar-refractivity contribution is 5.85. The molecule has 21 heavy (non-hydrogen) atoms. The normalized spacial score (nSPS) is 22.5. The summed E-state index contributed by atoms with van der Waals surface area (Å²) in [6.07, 6.45) is 3.79. The number of ether oxygens (including phenoxy) is 1. The first-order chi connectivity index (χ1) is 10.2. The molecule has 2 aliphatic rings. The van der Waals surface area contributed by atoms with E-state index in [1.807, 2.05) is 6.07 Å². The topological polar surface area (TPSA) is 50.4 Å². The summed E-state index contributed by atoms with van der Waals surface area (Å²) in [6, 6.07) is 10.5. The summed E-state index contributed by atoms with van der Waals surface area (Å²) in [6.45, 7) is 2.39. The van der Waals surface area contributed by atoms with Gasteiger partial charge in [0, 0.05) is 19.1 Å². The molecule has 4 heteroatoms. The van der Waals surface area contributed by atoms with Crippen molar-refractivity contribution in [3.63, 3.8) is 0 Å². The molecule has 0 radical (unpaired) electrons. The van der Waals surface area contributed by atoms with Gasteiger partial charge in [-0.25, -0.2) is 0 Å². The van der Waals surface area contributed by atoms with Gasteiger partial charge in [0.2, 0.25) is 0 Å². The van der Waals surface area contributed by atoms with E-state index in [0.717, 1.165) is 38.8 Å². The summed E-state index contributed by atoms with van der Waals surface area (Å²) in [7, 11) is 1.65. The van der Waals surface area contributed by atoms with E-state index in [4.69, 9.17) is 4.74 Å². The highest BCUT2D eigenvalue weighted by atomic mass is 16.5. The van der Waals surface area contributed by atoms with Crippen LogP contribution in [-0.4, -0.2) is 38.3 Å². The molecule has 2 N–H and O–H groups in total. The minimum absolute atomic E-state index is 0.0497. The standard InChI is InChI=1S/C17H24N2O2/c1-21-17(9-11-18-12-10-17)15(20)19-13-16(7-8-16)14-5-3-2-4-6-14/h2-6,18H,7-13H2,1H3,(H,19,20). The average Bonchev–Trinajstić information content (AvgIpc) is 3.35. The van der Waals surface area contributed by atoms with Crippen LogP contribution in [0.2, 0.25) is 0 Å². The quantitative estimate of drug-likeness (QED) is 0.865. The van der Waals surface area contributed by atoms with Crippen molar-refractivity contribution < 1.29 is 9.53 Å². The van der Waals surface area contributed by atoms with Crippen LogP contribution in [-0.2, 0) is 14.9 Å². The smallest absolute Gasteiger partial charge is 0.252 e. The SMILES string of the molecule is COC1(C(=O)NCC2(c3ccccc3)CC2)CCNCC1. The van der Waals surface area contributed by atoms with Gasteiger partial charge in [-0.3, -0.25) is 4.79 Å². The molecule has 4 nitrogen and oxygen atoms in total. The van der Waals surface area contributed by atoms with Crippen molar-refractivity contribution in [1.29, 1.82) is 0 Å². The van der Waals surface area contributed by atoms with Gasteiger partial charge in [-0.1, -0.05) is 30.3 Å². The van der Waals surface area contributed by atoms with Crippen molar-refractivity contribution in [2.75, 3.05) is 26.7 Å². The second-order valence-electron chi connectivity index (χ2n) is 6.28. The highest BCUT2D eigenvalue weighted by Gasteiger charge is 2.46. The number of methoxy groups -OCH3 is 1. The van der Waals surface area contributed by atoms with Gasteiger partial charge in [0.05, 0.1) is 0 Å². The fourth-order valence-corrected chi connectivity index (χ4v) is 3.28. The van der Waals surface area contributed by atoms with Crippen LogP contribution < -0.4 is 10.6 Å². The molecular weight excluding hydrogens is 264 g/mol. The van der Waals surface area contributed by atoms with E-state index in [9.17, 15) is 4.79 Å². The van der Waals surface area contributed by atoms with E-state index in [1.165, 1.54) is 5.56 Å². The van der Waals surface area contributed by atoms with E-state index in [2.05, 4.69) is 34.9 Å². The second kappa shape index (κ2) is 5.78. The van der Waals surface area contributed by atoms with Crippen molar-refractivity contribution in [3.8, 4) is 0 Å². The fraction of sp³-hybridized carbons (Fsp3) is 0.588. The third-order valence-corrected chi connectivity index (χ3v) is 5.04. The molecule has 0 spiro atoms. The molecule has 1 heterocycles. The van der Waals surface area contributed by atoms with Crippen molar-refractivity contribution in [2.24, 2.45) is 0 Å². The van der Waals surface area contributed by atoms with Gasteiger partial charge >= 0.3 is 0 Å². The number of amides is 1. The number of benzene rings is 1. The molecule has 0 atom stereocenters. The van der Waals surface area contributed by atoms with Crippen molar-refractivity contribution in [3.05, 3.63) is 35.9 Å². The van der Waals surface area contributed by atoms with Gasteiger partial charge in [0.1, 0.15) is 5.60 Å². The number of hydrogen-bond acceptors (Lipinski definition) is 3. The number of carbonyl (C=O) groups excluding carboxylic acids is 1. The number of hydrogen-bond donors (Lipinski definition) is 2. The molecule has 114 valence electrons. The lowest BCUT2D eigenvalue weighted by Gasteiger charge is -2.35. The molecule has 0 unspecified atom stereocenters. The Morgan fingerprint density at radius 3 is 2.43 bits per heavy atom. The van der Waals surface area contributed by atoms with Crippen LogP contribution in [0.25, 0.3) is 0 Å². The molecule has 1 amide bonds. The third kappa shape index (κ3) is 2.83. The molecule has 1 aromatic rings. The first kappa shape index (κ1) is 14.5. The van der Waals surface area contributed by atoms with E-state index >= 15 is 0 Å². The van der Waals surface area contributed by atoms with E-state index in [1.54, 1.807) is 7.11 Å². The van der Waals surface area contributed by atoms with Crippen LogP contribution in [0.5, 0.6) is 0 Å². The van der Waals surface area contributed by atoms with Crippen molar-refractivity contribution in [2.45, 2.75) is 36.7 Å². The summed E-state index contributed by atoms with van der Waals surface area (Å²) in [5.41, 5.74) is 0.846. The summed E-state index contributed by atoms with van der Waals surface area (Å²) in [5.74, 6) is 0.0497. The Labute approximate surface area is 126 Å². The molecule has 1 aliphatic heterocycles. The predicted octanol–water partition coefficient (Wildman–Crippen LogP) is 1.60. The Hall–Kier alpha value is -1.39. The lowest BCUT2D eigenvalue weighted by atomic mass is 9.90. The summed E-state index contributed by atoms with van der Waals surface area (Å²) in [4.78, 5) is 12.6. The van der Waals surface area contributed by atoms with E-state index in [-0.39, 0.29) is 11.3 Å². The van der Waals surface area contributed by atoms with Gasteiger partial charge in [-0.05, 0) is 44.3 Å². The highest BCUT2D eigenvalue weighted by Crippen LogP contribution is 2.47. The molecule has 2 fully saturated rings. The summed E-state index contributed by atoms with van der Waals surface area (Å²) in [5, 5.41) is 6.43. The third-order valence-electron chi connectivity index (χ3n) is 5.04. The fourth-order valence-electron chi connectivity index (χ4n) is 3.28. The zero-order valence-electron chi connectivity index (χ0n) is 12.7. The molecule has 1 aromatic carbocycles. The average molecular weight is 288 g/mol. The molecule has 3 rings (SSSR count). The van der Waals surface area contributed by atoms with Gasteiger partial charge in [-0.2, -0.15) is 0 Å². The minimum atomic E-state index is -0.641. The maximum Gasteiger partial charge on any atom is 0.252 e. The Morgan fingerprint density at radius 1 is 1.19 bits per heavy atom. The molecule has 1 aliphatic carbocycles. The summed E-state index contributed by atoms with van der Waals surface area (Å²) >= 11 is 0. The Morgan fingerprint density at radius 2 is 1.86 bits per heavy atom. The van der Waals surface area contributed by atoms with Crippen LogP contribution in [0.3, 0.4) is 0 Å². The van der Waals surface area contributed by atoms with Gasteiger partial charge in [0.15, 0.2) is 0 Å². The Balaban J connectivity index is 1.63. The van der Waals surface area contributed by atoms with Crippen LogP contribution in [0, 0.1) is 0 Å². The zero-order valence-corrected chi connectivity index (χ0v) is 12.7. The maximum atomic E-state index is 12.6. The lowest BCUT2D eigenvalue weighted by Crippen LogP contribution is -2.55. The van der Waals surface area contributed by atoms with Gasteiger partial charge in [-0.15, -0.1) is 0 Å². The molecule has 0 aromatic heterocycles. The van der Waals surface area contributed by atoms with E-state index < -0.39 is 5.60 Å². The predicted molar refractivity (Wildman–Crippen MR) is 82.2 cm³/mol. The molecule has 1 saturated heterocycles. The number of nitrogens with one attached hydrogen (secondary N) is 2. The zero-order chi connectivity index (χ0) is 14.8. The minimum Gasteiger partial charge on any atom is -0.368 e. The number of rotatable bonds is 5. The number of carbonyl (C=O) groups is 1. The van der Waals surface area contributed by atoms with Crippen LogP contribution in [0.1, 0.15) is 31.2 Å². The molecule has 1 saturated carbocycles. The van der Waals surface area contributed by atoms with Crippen molar-refractivity contribution in [1.82, 2.24) is 10.6 Å². The lowest BCUT2D eigenvalue weighted by molar-refractivity contribution is -0.146. The Kier molecular flexibility index (Phi) is 4.00. The number of piperidine rings is 1. The molecule has 0 bridgehead atoms. The van der Waals surface area contributed by atoms with Crippen LogP contribution in [0.15, 0.2) is 30.3 Å². The van der Waals surface area contributed by atoms with Gasteiger partial charge < -0.3 is 15.4 Å². The maximum absolute atomic E-state index is 12.6. The molecular formula is C17H24N2O2. The van der Waals surface area contributed by atoms with Crippen LogP contribution >= 0.6 is 0 Å². The van der Waals surface area contributed by atoms with E-state index in [0.29, 0.717) is 6.54 Å². The Bertz CT molecular complexity index is 491. The van der Waals surface area contributed by atoms with Crippen molar-refractivity contribution >= 4 is 5.91 Å². The summed E-state index contributed by atoms with van der Waals surface area (Å²) < 4.78 is 5.58. The largest absolute Gasteiger partial charge is 0.368 e.